The third-order valence-corrected chi connectivity index (χ3v) is 2.34. The zero-order valence-corrected chi connectivity index (χ0v) is 9.42. The third-order valence-electron chi connectivity index (χ3n) is 2.34. The Bertz CT molecular complexity index is 679. The molecule has 0 amide bonds. The van der Waals surface area contributed by atoms with Gasteiger partial charge < -0.3 is 11.1 Å². The maximum absolute atomic E-state index is 13.5. The fourth-order valence-electron chi connectivity index (χ4n) is 1.44. The normalized spacial score (nSPS) is 10.0. The lowest BCUT2D eigenvalue weighted by molar-refractivity contribution is 0.580. The van der Waals surface area contributed by atoms with Gasteiger partial charge in [-0.1, -0.05) is 6.07 Å². The highest BCUT2D eigenvalue weighted by atomic mass is 19.1. The van der Waals surface area contributed by atoms with E-state index < -0.39 is 23.3 Å². The summed E-state index contributed by atoms with van der Waals surface area (Å²) in [6.45, 7) is 0. The monoisotopic (exact) mass is 264 g/mol. The van der Waals surface area contributed by atoms with Crippen molar-refractivity contribution in [2.45, 2.75) is 0 Å². The van der Waals surface area contributed by atoms with E-state index in [1.807, 2.05) is 0 Å². The molecule has 0 unspecified atom stereocenters. The number of anilines is 3. The molecule has 0 aliphatic heterocycles. The van der Waals surface area contributed by atoms with Gasteiger partial charge in [0.2, 0.25) is 0 Å². The number of aromatic nitrogens is 1. The highest BCUT2D eigenvalue weighted by Gasteiger charge is 2.13. The van der Waals surface area contributed by atoms with Gasteiger partial charge in [0.15, 0.2) is 23.3 Å². The van der Waals surface area contributed by atoms with Crippen molar-refractivity contribution in [1.82, 2.24) is 4.98 Å². The van der Waals surface area contributed by atoms with Crippen LogP contribution < -0.4 is 11.1 Å². The molecule has 0 saturated carbocycles. The second-order valence-electron chi connectivity index (χ2n) is 3.59. The molecule has 0 aliphatic carbocycles. The lowest BCUT2D eigenvalue weighted by atomic mass is 10.2. The molecule has 1 aromatic carbocycles. The van der Waals surface area contributed by atoms with Gasteiger partial charge in [0.25, 0.3) is 0 Å². The number of halogens is 3. The van der Waals surface area contributed by atoms with Crippen molar-refractivity contribution in [3.05, 3.63) is 47.3 Å². The van der Waals surface area contributed by atoms with Crippen LogP contribution in [0.25, 0.3) is 0 Å². The van der Waals surface area contributed by atoms with Crippen molar-refractivity contribution < 1.29 is 13.2 Å². The van der Waals surface area contributed by atoms with Crippen LogP contribution in [0, 0.1) is 28.8 Å². The molecule has 0 saturated heterocycles. The first-order chi connectivity index (χ1) is 9.02. The molecule has 0 radical (unpaired) electrons. The topological polar surface area (TPSA) is 74.7 Å². The summed E-state index contributed by atoms with van der Waals surface area (Å²) in [5.74, 6) is -3.65. The van der Waals surface area contributed by atoms with Crippen molar-refractivity contribution in [2.24, 2.45) is 0 Å². The Morgan fingerprint density at radius 2 is 1.89 bits per heavy atom. The van der Waals surface area contributed by atoms with E-state index in [1.165, 1.54) is 12.1 Å². The zero-order valence-electron chi connectivity index (χ0n) is 9.42. The minimum Gasteiger partial charge on any atom is -0.381 e. The Labute approximate surface area is 106 Å². The average Bonchev–Trinajstić information content (AvgIpc) is 2.36. The van der Waals surface area contributed by atoms with Gasteiger partial charge in [-0.2, -0.15) is 5.26 Å². The van der Waals surface area contributed by atoms with Crippen molar-refractivity contribution in [3.63, 3.8) is 0 Å². The number of nitriles is 1. The quantitative estimate of drug-likeness (QED) is 0.874. The highest BCUT2D eigenvalue weighted by molar-refractivity contribution is 5.65. The van der Waals surface area contributed by atoms with E-state index in [0.29, 0.717) is 6.07 Å². The number of hydrogen-bond acceptors (Lipinski definition) is 4. The smallest absolute Gasteiger partial charge is 0.169 e. The van der Waals surface area contributed by atoms with Crippen LogP contribution >= 0.6 is 0 Å². The predicted octanol–water partition coefficient (Wildman–Crippen LogP) is 2.70. The van der Waals surface area contributed by atoms with Gasteiger partial charge in [0.1, 0.15) is 17.4 Å². The molecule has 96 valence electrons. The summed E-state index contributed by atoms with van der Waals surface area (Å²) in [5, 5.41) is 11.2. The fraction of sp³-hybridized carbons (Fsp3) is 0. The van der Waals surface area contributed by atoms with Gasteiger partial charge in [-0.15, -0.1) is 0 Å². The molecule has 0 atom stereocenters. The number of nitrogens with zero attached hydrogens (tertiary/aromatic N) is 2. The van der Waals surface area contributed by atoms with Gasteiger partial charge in [0, 0.05) is 6.07 Å². The molecule has 7 heteroatoms. The van der Waals surface area contributed by atoms with E-state index in [1.54, 1.807) is 6.07 Å². The molecule has 4 nitrogen and oxygen atoms in total. The first-order valence-electron chi connectivity index (χ1n) is 5.10. The molecular weight excluding hydrogens is 257 g/mol. The Morgan fingerprint density at radius 3 is 2.58 bits per heavy atom. The lowest BCUT2D eigenvalue weighted by Gasteiger charge is -2.09. The van der Waals surface area contributed by atoms with Crippen LogP contribution in [-0.4, -0.2) is 4.98 Å². The Balaban J connectivity index is 2.45. The second kappa shape index (κ2) is 4.86. The maximum atomic E-state index is 13.5. The van der Waals surface area contributed by atoms with Crippen molar-refractivity contribution in [1.29, 1.82) is 5.26 Å². The van der Waals surface area contributed by atoms with Crippen LogP contribution in [0.4, 0.5) is 30.5 Å². The summed E-state index contributed by atoms with van der Waals surface area (Å²) in [5.41, 5.74) is 4.93. The molecule has 0 fully saturated rings. The predicted molar refractivity (Wildman–Crippen MR) is 63.0 cm³/mol. The Hall–Kier alpha value is -2.75. The molecule has 3 N–H and O–H groups in total. The average molecular weight is 264 g/mol. The number of nitrogens with two attached hydrogens (primary N) is 1. The molecule has 19 heavy (non-hydrogen) atoms. The summed E-state index contributed by atoms with van der Waals surface area (Å²) in [6.07, 6.45) is 0. The Kier molecular flexibility index (Phi) is 3.25. The van der Waals surface area contributed by atoms with E-state index in [4.69, 9.17) is 11.0 Å². The van der Waals surface area contributed by atoms with Gasteiger partial charge in [0.05, 0.1) is 5.69 Å². The minimum absolute atomic E-state index is 0.0138. The highest BCUT2D eigenvalue weighted by Crippen LogP contribution is 2.24. The summed E-state index contributed by atoms with van der Waals surface area (Å²) >= 11 is 0. The van der Waals surface area contributed by atoms with E-state index in [-0.39, 0.29) is 17.1 Å². The van der Waals surface area contributed by atoms with Gasteiger partial charge in [-0.05, 0) is 12.1 Å². The van der Waals surface area contributed by atoms with Crippen molar-refractivity contribution in [3.8, 4) is 6.07 Å². The summed E-state index contributed by atoms with van der Waals surface area (Å²) in [7, 11) is 0. The van der Waals surface area contributed by atoms with Crippen LogP contribution in [-0.2, 0) is 0 Å². The number of nitrogen functional groups attached to an aromatic ring is 1. The summed E-state index contributed by atoms with van der Waals surface area (Å²) < 4.78 is 39.7. The molecular formula is C12H7F3N4. The molecule has 0 bridgehead atoms. The van der Waals surface area contributed by atoms with Crippen molar-refractivity contribution >= 4 is 17.3 Å². The standard InChI is InChI=1S/C12H7F3N4/c13-7-2-1-3-10(6(7)5-16)18-12-9(15)4-8(14)11(17)19-12/h1-4H,(H3,17,18,19). The van der Waals surface area contributed by atoms with E-state index in [0.717, 1.165) is 6.07 Å². The van der Waals surface area contributed by atoms with Gasteiger partial charge >= 0.3 is 0 Å². The number of benzene rings is 1. The van der Waals surface area contributed by atoms with Crippen LogP contribution in [0.1, 0.15) is 5.56 Å². The largest absolute Gasteiger partial charge is 0.381 e. The first kappa shape index (κ1) is 12.7. The van der Waals surface area contributed by atoms with Crippen LogP contribution in [0.15, 0.2) is 24.3 Å². The zero-order chi connectivity index (χ0) is 14.0. The van der Waals surface area contributed by atoms with Crippen molar-refractivity contribution in [2.75, 3.05) is 11.1 Å². The van der Waals surface area contributed by atoms with E-state index in [2.05, 4.69) is 10.3 Å². The number of hydrogen-bond donors (Lipinski definition) is 2. The van der Waals surface area contributed by atoms with Gasteiger partial charge in [-0.3, -0.25) is 0 Å². The molecule has 0 aliphatic rings. The first-order valence-corrected chi connectivity index (χ1v) is 5.10. The van der Waals surface area contributed by atoms with E-state index in [9.17, 15) is 13.2 Å². The third kappa shape index (κ3) is 2.42. The van der Waals surface area contributed by atoms with Gasteiger partial charge in [-0.25, -0.2) is 18.2 Å². The maximum Gasteiger partial charge on any atom is 0.169 e. The molecule has 1 heterocycles. The molecule has 1 aromatic heterocycles. The van der Waals surface area contributed by atoms with Crippen LogP contribution in [0.2, 0.25) is 0 Å². The van der Waals surface area contributed by atoms with Crippen LogP contribution in [0.3, 0.4) is 0 Å². The number of rotatable bonds is 2. The Morgan fingerprint density at radius 1 is 1.16 bits per heavy atom. The molecule has 2 aromatic rings. The minimum atomic E-state index is -1.00. The molecule has 2 rings (SSSR count). The second-order valence-corrected chi connectivity index (χ2v) is 3.59. The SMILES string of the molecule is N#Cc1c(F)cccc1Nc1nc(N)c(F)cc1F. The van der Waals surface area contributed by atoms with Crippen LogP contribution in [0.5, 0.6) is 0 Å². The summed E-state index contributed by atoms with van der Waals surface area (Å²) in [6, 6.07) is 5.98. The fourth-order valence-corrected chi connectivity index (χ4v) is 1.44. The van der Waals surface area contributed by atoms with E-state index >= 15 is 0 Å². The number of pyridine rings is 1. The number of nitrogens with one attached hydrogen (secondary N) is 1. The molecule has 0 spiro atoms. The lowest BCUT2D eigenvalue weighted by Crippen LogP contribution is -2.04. The summed E-state index contributed by atoms with van der Waals surface area (Å²) in [4.78, 5) is 3.46.